The highest BCUT2D eigenvalue weighted by Gasteiger charge is 2.33. The first-order chi connectivity index (χ1) is 9.50. The van der Waals surface area contributed by atoms with Gasteiger partial charge in [-0.1, -0.05) is 22.9 Å². The Hall–Kier alpha value is -0.450. The zero-order valence-corrected chi connectivity index (χ0v) is 13.5. The van der Waals surface area contributed by atoms with Crippen LogP contribution in [0.25, 0.3) is 0 Å². The third-order valence-corrected chi connectivity index (χ3v) is 4.51. The van der Waals surface area contributed by atoms with Crippen LogP contribution in [0.4, 0.5) is 4.39 Å². The smallest absolute Gasteiger partial charge is 0.124 e. The monoisotopic (exact) mass is 343 g/mol. The normalized spacial score (nSPS) is 26.7. The van der Waals surface area contributed by atoms with Crippen molar-refractivity contribution in [2.24, 2.45) is 0 Å². The van der Waals surface area contributed by atoms with Crippen molar-refractivity contribution < 1.29 is 9.50 Å². The molecule has 2 nitrogen and oxygen atoms in total. The maximum atomic E-state index is 13.4. The number of benzene rings is 1. The topological polar surface area (TPSA) is 32.3 Å². The maximum absolute atomic E-state index is 13.4. The molecule has 1 aliphatic carbocycles. The zero-order valence-electron chi connectivity index (χ0n) is 12.0. The minimum atomic E-state index is -0.683. The number of hydrogen-bond donors (Lipinski definition) is 2. The summed E-state index contributed by atoms with van der Waals surface area (Å²) in [6, 6.07) is 5.38. The molecule has 112 valence electrons. The van der Waals surface area contributed by atoms with E-state index in [0.29, 0.717) is 12.5 Å². The summed E-state index contributed by atoms with van der Waals surface area (Å²) in [5.74, 6) is -0.253. The number of nitrogens with one attached hydrogen (secondary N) is 1. The third kappa shape index (κ3) is 4.54. The number of hydrogen-bond acceptors (Lipinski definition) is 2. The van der Waals surface area contributed by atoms with Crippen LogP contribution < -0.4 is 5.32 Å². The largest absolute Gasteiger partial charge is 0.390 e. The predicted octanol–water partition coefficient (Wildman–Crippen LogP) is 3.80. The number of rotatable bonds is 5. The van der Waals surface area contributed by atoms with E-state index in [4.69, 9.17) is 0 Å². The highest BCUT2D eigenvalue weighted by Crippen LogP contribution is 2.32. The molecule has 0 unspecified atom stereocenters. The van der Waals surface area contributed by atoms with E-state index in [1.54, 1.807) is 0 Å². The van der Waals surface area contributed by atoms with Gasteiger partial charge in [0.2, 0.25) is 0 Å². The molecule has 0 bridgehead atoms. The molecular weight excluding hydrogens is 321 g/mol. The molecule has 20 heavy (non-hydrogen) atoms. The molecule has 2 rings (SSSR count). The summed E-state index contributed by atoms with van der Waals surface area (Å²) in [6.07, 6.45) is 5.22. The molecule has 0 radical (unpaired) electrons. The second-order valence-electron chi connectivity index (χ2n) is 5.91. The lowest BCUT2D eigenvalue weighted by Gasteiger charge is -2.36. The molecule has 0 heterocycles. The van der Waals surface area contributed by atoms with Crippen molar-refractivity contribution in [3.05, 3.63) is 34.1 Å². The Kier molecular flexibility index (Phi) is 5.58. The molecule has 1 aliphatic rings. The summed E-state index contributed by atoms with van der Waals surface area (Å²) < 4.78 is 14.1. The summed E-state index contributed by atoms with van der Waals surface area (Å²) >= 11 is 3.30. The highest BCUT2D eigenvalue weighted by atomic mass is 79.9. The van der Waals surface area contributed by atoms with Crippen molar-refractivity contribution >= 4 is 15.9 Å². The van der Waals surface area contributed by atoms with Gasteiger partial charge in [-0.25, -0.2) is 4.39 Å². The van der Waals surface area contributed by atoms with Crippen LogP contribution in [0.5, 0.6) is 0 Å². The van der Waals surface area contributed by atoms with Crippen molar-refractivity contribution in [3.63, 3.8) is 0 Å². The molecule has 1 aromatic rings. The Morgan fingerprint density at radius 3 is 2.65 bits per heavy atom. The fourth-order valence-electron chi connectivity index (χ4n) is 2.98. The summed E-state index contributed by atoms with van der Waals surface area (Å²) in [4.78, 5) is 0. The number of halogens is 2. The van der Waals surface area contributed by atoms with E-state index in [1.165, 1.54) is 12.1 Å². The second kappa shape index (κ2) is 7.01. The summed E-state index contributed by atoms with van der Waals surface area (Å²) in [6.45, 7) is 3.20. The highest BCUT2D eigenvalue weighted by molar-refractivity contribution is 9.10. The SMILES string of the molecule is CCCNC1CCC(O)(Cc2cc(F)cc(Br)c2)CC1. The molecule has 0 aromatic heterocycles. The lowest BCUT2D eigenvalue weighted by Crippen LogP contribution is -2.42. The first kappa shape index (κ1) is 15.9. The lowest BCUT2D eigenvalue weighted by atomic mass is 9.78. The fraction of sp³-hybridized carbons (Fsp3) is 0.625. The van der Waals surface area contributed by atoms with Gasteiger partial charge in [0.1, 0.15) is 5.82 Å². The molecule has 0 aliphatic heterocycles. The average molecular weight is 344 g/mol. The quantitative estimate of drug-likeness (QED) is 0.852. The molecule has 1 aromatic carbocycles. The van der Waals surface area contributed by atoms with E-state index in [9.17, 15) is 9.50 Å². The van der Waals surface area contributed by atoms with Crippen molar-refractivity contribution in [3.8, 4) is 0 Å². The van der Waals surface area contributed by atoms with Gasteiger partial charge in [0.15, 0.2) is 0 Å². The average Bonchev–Trinajstić information content (AvgIpc) is 2.36. The molecule has 2 N–H and O–H groups in total. The molecular formula is C16H23BrFNO. The Bertz CT molecular complexity index is 424. The molecule has 0 saturated heterocycles. The van der Waals surface area contributed by atoms with Crippen molar-refractivity contribution in [1.82, 2.24) is 5.32 Å². The van der Waals surface area contributed by atoms with Crippen molar-refractivity contribution in [2.75, 3.05) is 6.54 Å². The van der Waals surface area contributed by atoms with Gasteiger partial charge in [-0.15, -0.1) is 0 Å². The Labute approximate surface area is 128 Å². The molecule has 4 heteroatoms. The summed E-state index contributed by atoms with van der Waals surface area (Å²) in [5.41, 5.74) is 0.178. The number of aliphatic hydroxyl groups is 1. The fourth-order valence-corrected chi connectivity index (χ4v) is 3.49. The molecule has 0 atom stereocenters. The second-order valence-corrected chi connectivity index (χ2v) is 6.82. The third-order valence-electron chi connectivity index (χ3n) is 4.05. The first-order valence-corrected chi connectivity index (χ1v) is 8.21. The van der Waals surface area contributed by atoms with Gasteiger partial charge in [-0.3, -0.25) is 0 Å². The van der Waals surface area contributed by atoms with E-state index >= 15 is 0 Å². The van der Waals surface area contributed by atoms with Gasteiger partial charge >= 0.3 is 0 Å². The van der Waals surface area contributed by atoms with Crippen LogP contribution in [0.2, 0.25) is 0 Å². The first-order valence-electron chi connectivity index (χ1n) is 7.41. The van der Waals surface area contributed by atoms with Gasteiger partial charge < -0.3 is 10.4 Å². The zero-order chi connectivity index (χ0) is 14.6. The van der Waals surface area contributed by atoms with Crippen molar-refractivity contribution in [2.45, 2.75) is 57.1 Å². The molecule has 1 fully saturated rings. The van der Waals surface area contributed by atoms with Gasteiger partial charge in [-0.2, -0.15) is 0 Å². The predicted molar refractivity (Wildman–Crippen MR) is 83.3 cm³/mol. The van der Waals surface area contributed by atoms with Crippen LogP contribution in [0.3, 0.4) is 0 Å². The summed E-state index contributed by atoms with van der Waals surface area (Å²) in [7, 11) is 0. The molecule has 0 amide bonds. The van der Waals surface area contributed by atoms with Crippen LogP contribution in [0.1, 0.15) is 44.6 Å². The van der Waals surface area contributed by atoms with Gasteiger partial charge in [0, 0.05) is 16.9 Å². The minimum Gasteiger partial charge on any atom is -0.390 e. The van der Waals surface area contributed by atoms with E-state index in [2.05, 4.69) is 28.2 Å². The minimum absolute atomic E-state index is 0.253. The van der Waals surface area contributed by atoms with Crippen LogP contribution in [0.15, 0.2) is 22.7 Å². The van der Waals surface area contributed by atoms with Crippen LogP contribution in [-0.2, 0) is 6.42 Å². The maximum Gasteiger partial charge on any atom is 0.124 e. The molecule has 0 spiro atoms. The Morgan fingerprint density at radius 2 is 2.05 bits per heavy atom. The van der Waals surface area contributed by atoms with Crippen LogP contribution >= 0.6 is 15.9 Å². The standard InChI is InChI=1S/C16H23BrFNO/c1-2-7-19-15-3-5-16(20,6-4-15)11-12-8-13(17)10-14(18)9-12/h8-10,15,19-20H,2-7,11H2,1H3. The Balaban J connectivity index is 1.92. The van der Waals surface area contributed by atoms with Gasteiger partial charge in [0.05, 0.1) is 5.60 Å². The van der Waals surface area contributed by atoms with E-state index in [-0.39, 0.29) is 5.82 Å². The lowest BCUT2D eigenvalue weighted by molar-refractivity contribution is -0.00311. The van der Waals surface area contributed by atoms with Crippen molar-refractivity contribution in [1.29, 1.82) is 0 Å². The Morgan fingerprint density at radius 1 is 1.35 bits per heavy atom. The van der Waals surface area contributed by atoms with Crippen LogP contribution in [0, 0.1) is 5.82 Å². The van der Waals surface area contributed by atoms with Gasteiger partial charge in [-0.05, 0) is 62.4 Å². The van der Waals surface area contributed by atoms with Gasteiger partial charge in [0.25, 0.3) is 0 Å². The van der Waals surface area contributed by atoms with E-state index in [0.717, 1.165) is 48.7 Å². The molecule has 1 saturated carbocycles. The van der Waals surface area contributed by atoms with E-state index < -0.39 is 5.60 Å². The van der Waals surface area contributed by atoms with Crippen LogP contribution in [-0.4, -0.2) is 23.3 Å². The summed E-state index contributed by atoms with van der Waals surface area (Å²) in [5, 5.41) is 14.2. The van der Waals surface area contributed by atoms with E-state index in [1.807, 2.05) is 6.07 Å².